The number of halogens is 3. The predicted molar refractivity (Wildman–Crippen MR) is 99.9 cm³/mol. The van der Waals surface area contributed by atoms with Crippen LogP contribution < -0.4 is 4.74 Å². The minimum Gasteiger partial charge on any atom is -0.467 e. The van der Waals surface area contributed by atoms with Gasteiger partial charge in [0.15, 0.2) is 17.3 Å². The molecule has 0 bridgehead atoms. The van der Waals surface area contributed by atoms with E-state index >= 15 is 0 Å². The monoisotopic (exact) mass is 405 g/mol. The average Bonchev–Trinajstić information content (AvgIpc) is 3.06. The fourth-order valence-electron chi connectivity index (χ4n) is 2.66. The highest BCUT2D eigenvalue weighted by Gasteiger charge is 2.20. The maximum atomic E-state index is 14.6. The van der Waals surface area contributed by atoms with Gasteiger partial charge in [-0.1, -0.05) is 0 Å². The molecule has 0 aromatic carbocycles. The Kier molecular flexibility index (Phi) is 5.92. The second-order valence-electron chi connectivity index (χ2n) is 6.28. The van der Waals surface area contributed by atoms with Crippen molar-refractivity contribution in [1.29, 1.82) is 0 Å². The summed E-state index contributed by atoms with van der Waals surface area (Å²) in [6, 6.07) is 1.21. The summed E-state index contributed by atoms with van der Waals surface area (Å²) in [5, 5.41) is 9.00. The van der Waals surface area contributed by atoms with Crippen molar-refractivity contribution >= 4 is 11.2 Å². The molecule has 29 heavy (non-hydrogen) atoms. The lowest BCUT2D eigenvalue weighted by Gasteiger charge is -2.08. The number of aliphatic hydroxyl groups excluding tert-OH is 1. The van der Waals surface area contributed by atoms with Crippen molar-refractivity contribution in [2.24, 2.45) is 0 Å². The number of allylic oxidation sites excluding steroid dienone is 3. The van der Waals surface area contributed by atoms with Gasteiger partial charge in [0.2, 0.25) is 0 Å². The van der Waals surface area contributed by atoms with E-state index < -0.39 is 30.6 Å². The fraction of sp³-hybridized carbons (Fsp3) is 0.263. The van der Waals surface area contributed by atoms with Crippen LogP contribution in [0.25, 0.3) is 22.6 Å². The molecule has 0 aliphatic rings. The molecule has 0 amide bonds. The Bertz CT molecular complexity index is 1120. The Morgan fingerprint density at radius 3 is 2.66 bits per heavy atom. The average molecular weight is 405 g/mol. The molecule has 3 aromatic rings. The number of imidazole rings is 1. The van der Waals surface area contributed by atoms with Crippen molar-refractivity contribution in [2.45, 2.75) is 20.4 Å². The number of hydrogen-bond donors (Lipinski definition) is 1. The van der Waals surface area contributed by atoms with Gasteiger partial charge in [0.05, 0.1) is 32.2 Å². The molecule has 0 saturated heterocycles. The summed E-state index contributed by atoms with van der Waals surface area (Å²) < 4.78 is 48.8. The number of nitrogens with zero attached hydrogens (tertiary/aromatic N) is 5. The number of methoxy groups -OCH3 is 1. The normalized spacial score (nSPS) is 13.0. The van der Waals surface area contributed by atoms with Gasteiger partial charge >= 0.3 is 6.01 Å². The van der Waals surface area contributed by atoms with Crippen LogP contribution in [0.4, 0.5) is 13.2 Å². The predicted octanol–water partition coefficient (Wildman–Crippen LogP) is 3.43. The maximum Gasteiger partial charge on any atom is 0.318 e. The Morgan fingerprint density at radius 1 is 1.24 bits per heavy atom. The highest BCUT2D eigenvalue weighted by atomic mass is 19.2. The zero-order valence-electron chi connectivity index (χ0n) is 15.9. The van der Waals surface area contributed by atoms with E-state index in [1.54, 1.807) is 6.92 Å². The van der Waals surface area contributed by atoms with E-state index in [1.807, 2.05) is 0 Å². The van der Waals surface area contributed by atoms with E-state index in [2.05, 4.69) is 19.9 Å². The summed E-state index contributed by atoms with van der Waals surface area (Å²) in [6.07, 6.45) is 3.28. The van der Waals surface area contributed by atoms with Crippen LogP contribution in [0.15, 0.2) is 41.8 Å². The third-order valence-corrected chi connectivity index (χ3v) is 4.07. The Morgan fingerprint density at radius 2 is 2.00 bits per heavy atom. The molecule has 1 N–H and O–H groups in total. The largest absolute Gasteiger partial charge is 0.467 e. The first-order valence-electron chi connectivity index (χ1n) is 8.56. The second kappa shape index (κ2) is 8.39. The molecule has 3 heterocycles. The zero-order valence-corrected chi connectivity index (χ0v) is 15.9. The summed E-state index contributed by atoms with van der Waals surface area (Å²) in [5.41, 5.74) is 1.50. The summed E-state index contributed by atoms with van der Waals surface area (Å²) in [7, 11) is 1.38. The van der Waals surface area contributed by atoms with Gasteiger partial charge in [-0.3, -0.25) is 4.98 Å². The first-order chi connectivity index (χ1) is 13.8. The van der Waals surface area contributed by atoms with E-state index in [0.29, 0.717) is 11.2 Å². The third kappa shape index (κ3) is 4.27. The quantitative estimate of drug-likeness (QED) is 0.633. The van der Waals surface area contributed by atoms with E-state index in [9.17, 15) is 13.2 Å². The molecular weight excluding hydrogens is 387 g/mol. The van der Waals surface area contributed by atoms with Crippen LogP contribution in [0.2, 0.25) is 0 Å². The van der Waals surface area contributed by atoms with Crippen molar-refractivity contribution < 1.29 is 23.0 Å². The van der Waals surface area contributed by atoms with Crippen LogP contribution in [-0.2, 0) is 6.54 Å². The number of aryl methyl sites for hydroxylation is 1. The molecule has 3 aromatic heterocycles. The lowest BCUT2D eigenvalue weighted by atomic mass is 10.2. The summed E-state index contributed by atoms with van der Waals surface area (Å²) >= 11 is 0. The van der Waals surface area contributed by atoms with Crippen LogP contribution >= 0.6 is 0 Å². The molecule has 0 fully saturated rings. The van der Waals surface area contributed by atoms with Gasteiger partial charge in [0.25, 0.3) is 0 Å². The molecule has 10 heteroatoms. The van der Waals surface area contributed by atoms with Crippen molar-refractivity contribution in [1.82, 2.24) is 24.5 Å². The molecule has 7 nitrogen and oxygen atoms in total. The van der Waals surface area contributed by atoms with Gasteiger partial charge in [0, 0.05) is 11.8 Å². The molecule has 0 saturated carbocycles. The lowest BCUT2D eigenvalue weighted by Crippen LogP contribution is -2.05. The molecule has 0 aliphatic heterocycles. The summed E-state index contributed by atoms with van der Waals surface area (Å²) in [6.45, 7) is 2.16. The standard InChI is InChI=1S/C19H18F3N5O2/c1-10(9-28)4-14(21)15(22)8-27-17(12-5-13(20)7-23-6-12)25-16-11(2)24-19(29-3)26-18(16)27/h4-7,28H,8-9H2,1-3H3/b10-4+,15-14+. The highest BCUT2D eigenvalue weighted by molar-refractivity contribution is 5.79. The number of hydrogen-bond acceptors (Lipinski definition) is 6. The SMILES string of the molecule is COc1nc(C)c2nc(-c3cncc(F)c3)n(C/C(F)=C(F)/C=C(\C)CO)c2n1. The molecule has 0 aliphatic carbocycles. The van der Waals surface area contributed by atoms with Gasteiger partial charge in [-0.05, 0) is 31.6 Å². The number of fused-ring (bicyclic) bond motifs is 1. The molecular formula is C19H18F3N5O2. The number of aromatic nitrogens is 5. The van der Waals surface area contributed by atoms with Crippen LogP contribution in [0.3, 0.4) is 0 Å². The van der Waals surface area contributed by atoms with Crippen molar-refractivity contribution in [3.63, 3.8) is 0 Å². The lowest BCUT2D eigenvalue weighted by molar-refractivity contribution is 0.331. The van der Waals surface area contributed by atoms with Crippen molar-refractivity contribution in [3.8, 4) is 17.4 Å². The molecule has 0 radical (unpaired) electrons. The van der Waals surface area contributed by atoms with Crippen molar-refractivity contribution in [3.05, 3.63) is 53.3 Å². The van der Waals surface area contributed by atoms with Gasteiger partial charge in [-0.15, -0.1) is 0 Å². The molecule has 0 spiro atoms. The van der Waals surface area contributed by atoms with E-state index in [-0.39, 0.29) is 28.6 Å². The van der Waals surface area contributed by atoms with Crippen LogP contribution in [0, 0.1) is 12.7 Å². The second-order valence-corrected chi connectivity index (χ2v) is 6.28. The summed E-state index contributed by atoms with van der Waals surface area (Å²) in [4.78, 5) is 16.5. The number of pyridine rings is 1. The van der Waals surface area contributed by atoms with E-state index in [1.165, 1.54) is 30.9 Å². The molecule has 152 valence electrons. The van der Waals surface area contributed by atoms with Gasteiger partial charge in [-0.2, -0.15) is 9.97 Å². The fourth-order valence-corrected chi connectivity index (χ4v) is 2.66. The summed E-state index contributed by atoms with van der Waals surface area (Å²) in [5.74, 6) is -2.72. The maximum absolute atomic E-state index is 14.6. The smallest absolute Gasteiger partial charge is 0.318 e. The first-order valence-corrected chi connectivity index (χ1v) is 8.56. The van der Waals surface area contributed by atoms with Crippen LogP contribution in [-0.4, -0.2) is 43.3 Å². The molecule has 0 unspecified atom stereocenters. The Labute approximate surface area is 164 Å². The minimum atomic E-state index is -1.14. The molecule has 0 atom stereocenters. The van der Waals surface area contributed by atoms with Crippen LogP contribution in [0.1, 0.15) is 12.6 Å². The minimum absolute atomic E-state index is 0.0287. The van der Waals surface area contributed by atoms with Crippen LogP contribution in [0.5, 0.6) is 6.01 Å². The topological polar surface area (TPSA) is 86.0 Å². The van der Waals surface area contributed by atoms with Gasteiger partial charge in [0.1, 0.15) is 17.2 Å². The Balaban J connectivity index is 2.23. The number of ether oxygens (including phenoxy) is 1. The highest BCUT2D eigenvalue weighted by Crippen LogP contribution is 2.28. The first kappa shape index (κ1) is 20.5. The van der Waals surface area contributed by atoms with E-state index in [0.717, 1.165) is 12.3 Å². The van der Waals surface area contributed by atoms with Gasteiger partial charge < -0.3 is 14.4 Å². The third-order valence-electron chi connectivity index (χ3n) is 4.07. The van der Waals surface area contributed by atoms with E-state index in [4.69, 9.17) is 9.84 Å². The number of aliphatic hydroxyl groups is 1. The number of rotatable bonds is 6. The zero-order chi connectivity index (χ0) is 21.1. The molecule has 3 rings (SSSR count). The van der Waals surface area contributed by atoms with Gasteiger partial charge in [-0.25, -0.2) is 18.2 Å². The Hall–Kier alpha value is -3.27. The van der Waals surface area contributed by atoms with Crippen molar-refractivity contribution in [2.75, 3.05) is 13.7 Å².